The summed E-state index contributed by atoms with van der Waals surface area (Å²) in [6.45, 7) is 7.38. The molecule has 5 nitrogen and oxygen atoms in total. The number of likely N-dealkylation sites (tertiary alicyclic amines) is 1. The van der Waals surface area contributed by atoms with Crippen LogP contribution < -0.4 is 5.73 Å². The molecule has 1 aliphatic rings. The van der Waals surface area contributed by atoms with Crippen LogP contribution in [0.2, 0.25) is 0 Å². The molecule has 98 valence electrons. The van der Waals surface area contributed by atoms with Gasteiger partial charge in [0, 0.05) is 24.4 Å². The molecule has 0 aromatic heterocycles. The SMILES string of the molecule is CCC(C)(C)C(=O)N1CCC(C(N)=NO)CC1. The van der Waals surface area contributed by atoms with Crippen LogP contribution in [-0.4, -0.2) is 34.9 Å². The summed E-state index contributed by atoms with van der Waals surface area (Å²) in [7, 11) is 0. The minimum atomic E-state index is -0.288. The summed E-state index contributed by atoms with van der Waals surface area (Å²) in [6, 6.07) is 0. The molecule has 5 heteroatoms. The van der Waals surface area contributed by atoms with Crippen LogP contribution in [0, 0.1) is 11.3 Å². The lowest BCUT2D eigenvalue weighted by molar-refractivity contribution is -0.141. The average molecular weight is 241 g/mol. The molecule has 0 unspecified atom stereocenters. The Hall–Kier alpha value is -1.26. The van der Waals surface area contributed by atoms with Crippen LogP contribution in [0.1, 0.15) is 40.0 Å². The normalized spacial score (nSPS) is 19.5. The van der Waals surface area contributed by atoms with Crippen molar-refractivity contribution < 1.29 is 10.0 Å². The van der Waals surface area contributed by atoms with Gasteiger partial charge in [-0.05, 0) is 19.3 Å². The van der Waals surface area contributed by atoms with Gasteiger partial charge in [-0.25, -0.2) is 0 Å². The molecule has 0 atom stereocenters. The van der Waals surface area contributed by atoms with Gasteiger partial charge in [-0.3, -0.25) is 4.79 Å². The lowest BCUT2D eigenvalue weighted by atomic mass is 9.86. The third-order valence-corrected chi connectivity index (χ3v) is 3.78. The van der Waals surface area contributed by atoms with Gasteiger partial charge in [-0.15, -0.1) is 0 Å². The van der Waals surface area contributed by atoms with Gasteiger partial charge in [0.1, 0.15) is 5.84 Å². The summed E-state index contributed by atoms with van der Waals surface area (Å²) in [5.74, 6) is 0.596. The topological polar surface area (TPSA) is 78.9 Å². The van der Waals surface area contributed by atoms with Crippen LogP contribution in [0.15, 0.2) is 5.16 Å². The van der Waals surface area contributed by atoms with Gasteiger partial charge in [-0.1, -0.05) is 25.9 Å². The van der Waals surface area contributed by atoms with E-state index in [0.29, 0.717) is 13.1 Å². The highest BCUT2D eigenvalue weighted by Crippen LogP contribution is 2.26. The standard InChI is InChI=1S/C12H23N3O2/c1-4-12(2,3)11(16)15-7-5-9(6-8-15)10(13)14-17/h9,17H,4-8H2,1-3H3,(H2,13,14). The number of nitrogens with two attached hydrogens (primary N) is 1. The first kappa shape index (κ1) is 13.8. The lowest BCUT2D eigenvalue weighted by Gasteiger charge is -2.36. The fourth-order valence-electron chi connectivity index (χ4n) is 2.04. The second-order valence-electron chi connectivity index (χ2n) is 5.33. The fourth-order valence-corrected chi connectivity index (χ4v) is 2.04. The first-order chi connectivity index (χ1) is 7.92. The Morgan fingerprint density at radius 3 is 2.41 bits per heavy atom. The number of nitrogens with zero attached hydrogens (tertiary/aromatic N) is 2. The third-order valence-electron chi connectivity index (χ3n) is 3.78. The van der Waals surface area contributed by atoms with Crippen molar-refractivity contribution in [2.24, 2.45) is 22.2 Å². The Balaban J connectivity index is 2.56. The predicted octanol–water partition coefficient (Wildman–Crippen LogP) is 1.41. The van der Waals surface area contributed by atoms with Gasteiger partial charge in [-0.2, -0.15) is 0 Å². The number of rotatable bonds is 3. The summed E-state index contributed by atoms with van der Waals surface area (Å²) in [6.07, 6.45) is 2.40. The molecule has 0 radical (unpaired) electrons. The number of carbonyl (C=O) groups is 1. The Kier molecular flexibility index (Phi) is 4.37. The molecule has 1 fully saturated rings. The molecule has 1 amide bonds. The minimum Gasteiger partial charge on any atom is -0.409 e. The van der Waals surface area contributed by atoms with Crippen LogP contribution >= 0.6 is 0 Å². The number of hydrogen-bond acceptors (Lipinski definition) is 3. The molecule has 0 aromatic rings. The molecular formula is C12H23N3O2. The van der Waals surface area contributed by atoms with Crippen molar-refractivity contribution in [3.8, 4) is 0 Å². The van der Waals surface area contributed by atoms with Crippen LogP contribution in [0.4, 0.5) is 0 Å². The van der Waals surface area contributed by atoms with Crippen LogP contribution in [0.25, 0.3) is 0 Å². The van der Waals surface area contributed by atoms with Gasteiger partial charge in [0.25, 0.3) is 0 Å². The first-order valence-corrected chi connectivity index (χ1v) is 6.19. The van der Waals surface area contributed by atoms with Crippen molar-refractivity contribution in [1.82, 2.24) is 4.90 Å². The van der Waals surface area contributed by atoms with Crippen molar-refractivity contribution in [1.29, 1.82) is 0 Å². The van der Waals surface area contributed by atoms with Crippen molar-refractivity contribution in [3.63, 3.8) is 0 Å². The molecule has 1 aliphatic heterocycles. The Labute approximate surface area is 103 Å². The van der Waals surface area contributed by atoms with Crippen molar-refractivity contribution in [2.45, 2.75) is 40.0 Å². The van der Waals surface area contributed by atoms with E-state index in [-0.39, 0.29) is 23.1 Å². The third kappa shape index (κ3) is 3.11. The average Bonchev–Trinajstić information content (AvgIpc) is 2.37. The van der Waals surface area contributed by atoms with Crippen molar-refractivity contribution in [3.05, 3.63) is 0 Å². The van der Waals surface area contributed by atoms with Crippen LogP contribution in [0.5, 0.6) is 0 Å². The van der Waals surface area contributed by atoms with Gasteiger partial charge < -0.3 is 15.8 Å². The maximum absolute atomic E-state index is 12.2. The maximum Gasteiger partial charge on any atom is 0.228 e. The van der Waals surface area contributed by atoms with E-state index < -0.39 is 0 Å². The van der Waals surface area contributed by atoms with E-state index in [1.165, 1.54) is 0 Å². The molecule has 0 spiro atoms. The molecule has 3 N–H and O–H groups in total. The van der Waals surface area contributed by atoms with Gasteiger partial charge >= 0.3 is 0 Å². The number of carbonyl (C=O) groups excluding carboxylic acids is 1. The summed E-state index contributed by atoms with van der Waals surface area (Å²) in [5, 5.41) is 11.6. The van der Waals surface area contributed by atoms with Crippen molar-refractivity contribution >= 4 is 11.7 Å². The van der Waals surface area contributed by atoms with Gasteiger partial charge in [0.05, 0.1) is 0 Å². The first-order valence-electron chi connectivity index (χ1n) is 6.19. The quantitative estimate of drug-likeness (QED) is 0.339. The summed E-state index contributed by atoms with van der Waals surface area (Å²) in [4.78, 5) is 14.1. The second kappa shape index (κ2) is 5.38. The largest absolute Gasteiger partial charge is 0.409 e. The summed E-state index contributed by atoms with van der Waals surface area (Å²) < 4.78 is 0. The second-order valence-corrected chi connectivity index (χ2v) is 5.33. The van der Waals surface area contributed by atoms with Crippen LogP contribution in [0.3, 0.4) is 0 Å². The molecule has 0 bridgehead atoms. The van der Waals surface area contributed by atoms with E-state index in [1.54, 1.807) is 0 Å². The predicted molar refractivity (Wildman–Crippen MR) is 66.8 cm³/mol. The zero-order valence-corrected chi connectivity index (χ0v) is 10.9. The number of hydrogen-bond donors (Lipinski definition) is 2. The van der Waals surface area contributed by atoms with E-state index in [0.717, 1.165) is 19.3 Å². The zero-order chi connectivity index (χ0) is 13.1. The number of amides is 1. The highest BCUT2D eigenvalue weighted by molar-refractivity contribution is 5.84. The van der Waals surface area contributed by atoms with Gasteiger partial charge in [0.2, 0.25) is 5.91 Å². The van der Waals surface area contributed by atoms with E-state index in [1.807, 2.05) is 25.7 Å². The number of oxime groups is 1. The molecule has 17 heavy (non-hydrogen) atoms. The highest BCUT2D eigenvalue weighted by atomic mass is 16.4. The number of amidine groups is 1. The molecule has 1 saturated heterocycles. The Morgan fingerprint density at radius 1 is 1.47 bits per heavy atom. The highest BCUT2D eigenvalue weighted by Gasteiger charge is 2.33. The van der Waals surface area contributed by atoms with E-state index >= 15 is 0 Å². The maximum atomic E-state index is 12.2. The van der Waals surface area contributed by atoms with Crippen LogP contribution in [-0.2, 0) is 4.79 Å². The number of piperidine rings is 1. The van der Waals surface area contributed by atoms with Crippen molar-refractivity contribution in [2.75, 3.05) is 13.1 Å². The van der Waals surface area contributed by atoms with E-state index in [4.69, 9.17) is 10.9 Å². The zero-order valence-electron chi connectivity index (χ0n) is 10.9. The molecule has 1 heterocycles. The monoisotopic (exact) mass is 241 g/mol. The smallest absolute Gasteiger partial charge is 0.228 e. The molecule has 1 rings (SSSR count). The van der Waals surface area contributed by atoms with E-state index in [2.05, 4.69) is 5.16 Å². The minimum absolute atomic E-state index is 0.105. The summed E-state index contributed by atoms with van der Waals surface area (Å²) in [5.41, 5.74) is 5.29. The summed E-state index contributed by atoms with van der Waals surface area (Å²) >= 11 is 0. The molecule has 0 saturated carbocycles. The lowest BCUT2D eigenvalue weighted by Crippen LogP contribution is -2.46. The molecular weight excluding hydrogens is 218 g/mol. The molecule has 0 aromatic carbocycles. The Bertz CT molecular complexity index is 305. The van der Waals surface area contributed by atoms with Gasteiger partial charge in [0.15, 0.2) is 0 Å². The molecule has 0 aliphatic carbocycles. The Morgan fingerprint density at radius 2 is 2.00 bits per heavy atom. The fraction of sp³-hybridized carbons (Fsp3) is 0.833. The van der Waals surface area contributed by atoms with E-state index in [9.17, 15) is 4.79 Å².